The number of rotatable bonds is 7. The van der Waals surface area contributed by atoms with E-state index in [1.165, 1.54) is 0 Å². The largest absolute Gasteiger partial charge is 0.465 e. The highest BCUT2D eigenvalue weighted by Gasteiger charge is 2.62. The molecule has 0 amide bonds. The molecule has 0 bridgehead atoms. The summed E-state index contributed by atoms with van der Waals surface area (Å²) in [6, 6.07) is 19.0. The molecule has 0 N–H and O–H groups in total. The maximum absolute atomic E-state index is 13.2. The van der Waals surface area contributed by atoms with Crippen molar-refractivity contribution in [3.05, 3.63) is 89.5 Å². The summed E-state index contributed by atoms with van der Waals surface area (Å²) in [4.78, 5) is 26.5. The van der Waals surface area contributed by atoms with Crippen molar-refractivity contribution in [3.8, 4) is 0 Å². The molecule has 2 aromatic rings. The summed E-state index contributed by atoms with van der Waals surface area (Å²) in [5.41, 5.74) is 0.550. The fraction of sp³-hybridized carbons (Fsp3) is 0.280. The molecule has 1 fully saturated rings. The van der Waals surface area contributed by atoms with Gasteiger partial charge >= 0.3 is 11.9 Å². The van der Waals surface area contributed by atoms with Crippen LogP contribution in [0.2, 0.25) is 0 Å². The minimum atomic E-state index is -1.69. The number of hydrogen-bond acceptors (Lipinski definition) is 5. The van der Waals surface area contributed by atoms with Crippen LogP contribution in [0.25, 0.3) is 6.08 Å². The summed E-state index contributed by atoms with van der Waals surface area (Å²) in [5.74, 6) is -1.32. The van der Waals surface area contributed by atoms with Gasteiger partial charge in [-0.3, -0.25) is 9.59 Å². The number of allylic oxidation sites excluding steroid dienone is 2. The van der Waals surface area contributed by atoms with Crippen LogP contribution in [-0.4, -0.2) is 31.8 Å². The van der Waals surface area contributed by atoms with Crippen LogP contribution in [0.15, 0.2) is 78.4 Å². The Hall–Kier alpha value is -3.18. The molecule has 1 saturated heterocycles. The second-order valence-electron chi connectivity index (χ2n) is 6.81. The fourth-order valence-electron chi connectivity index (χ4n) is 3.62. The van der Waals surface area contributed by atoms with Crippen LogP contribution in [0.1, 0.15) is 31.1 Å². The molecular weight excluding hydrogens is 380 g/mol. The molecule has 3 rings (SSSR count). The summed E-state index contributed by atoms with van der Waals surface area (Å²) in [6.07, 6.45) is 4.65. The van der Waals surface area contributed by atoms with Gasteiger partial charge in [0, 0.05) is 0 Å². The Bertz CT molecular complexity index is 897. The zero-order valence-corrected chi connectivity index (χ0v) is 17.2. The molecule has 1 aliphatic heterocycles. The third-order valence-corrected chi connectivity index (χ3v) is 4.99. The molecule has 0 aliphatic carbocycles. The van der Waals surface area contributed by atoms with E-state index in [2.05, 4.69) is 0 Å². The molecule has 1 heterocycles. The predicted octanol–water partition coefficient (Wildman–Crippen LogP) is 4.51. The number of hydrogen-bond donors (Lipinski definition) is 0. The molecule has 1 aliphatic rings. The van der Waals surface area contributed by atoms with Crippen molar-refractivity contribution in [2.75, 3.05) is 19.8 Å². The summed E-state index contributed by atoms with van der Waals surface area (Å²) >= 11 is 0. The lowest BCUT2D eigenvalue weighted by Gasteiger charge is -2.30. The molecule has 0 spiro atoms. The van der Waals surface area contributed by atoms with E-state index in [1.807, 2.05) is 72.8 Å². The van der Waals surface area contributed by atoms with Gasteiger partial charge in [-0.05, 0) is 30.5 Å². The van der Waals surface area contributed by atoms with Crippen molar-refractivity contribution in [1.29, 1.82) is 0 Å². The topological polar surface area (TPSA) is 61.8 Å². The van der Waals surface area contributed by atoms with Gasteiger partial charge in [-0.15, -0.1) is 0 Å². The monoisotopic (exact) mass is 406 g/mol. The lowest BCUT2D eigenvalue weighted by Crippen LogP contribution is -2.45. The molecule has 30 heavy (non-hydrogen) atoms. The zero-order valence-electron chi connectivity index (χ0n) is 17.2. The van der Waals surface area contributed by atoms with Gasteiger partial charge in [0.25, 0.3) is 0 Å². The molecule has 1 atom stereocenters. The van der Waals surface area contributed by atoms with E-state index in [9.17, 15) is 9.59 Å². The first-order chi connectivity index (χ1) is 14.6. The minimum absolute atomic E-state index is 0.121. The molecule has 0 aromatic heterocycles. The van der Waals surface area contributed by atoms with E-state index in [-0.39, 0.29) is 19.8 Å². The molecular formula is C25H26O5. The van der Waals surface area contributed by atoms with Crippen LogP contribution >= 0.6 is 0 Å². The first kappa shape index (κ1) is 21.5. The third kappa shape index (κ3) is 4.21. The van der Waals surface area contributed by atoms with Crippen LogP contribution in [0, 0.1) is 5.41 Å². The van der Waals surface area contributed by atoms with Gasteiger partial charge in [0.1, 0.15) is 6.10 Å². The highest BCUT2D eigenvalue weighted by molar-refractivity contribution is 6.05. The van der Waals surface area contributed by atoms with Crippen LogP contribution < -0.4 is 0 Å². The van der Waals surface area contributed by atoms with Gasteiger partial charge in [0.2, 0.25) is 5.41 Å². The van der Waals surface area contributed by atoms with E-state index >= 15 is 0 Å². The highest BCUT2D eigenvalue weighted by Crippen LogP contribution is 2.50. The van der Waals surface area contributed by atoms with Crippen LogP contribution in [0.4, 0.5) is 0 Å². The van der Waals surface area contributed by atoms with E-state index in [0.29, 0.717) is 11.1 Å². The Balaban J connectivity index is 2.09. The molecule has 0 saturated carbocycles. The quantitative estimate of drug-likeness (QED) is 0.500. The second-order valence-corrected chi connectivity index (χ2v) is 6.81. The lowest BCUT2D eigenvalue weighted by molar-refractivity contribution is -0.174. The van der Waals surface area contributed by atoms with Crippen molar-refractivity contribution in [1.82, 2.24) is 0 Å². The van der Waals surface area contributed by atoms with Gasteiger partial charge < -0.3 is 14.2 Å². The SMILES string of the molecule is CCOC(=O)C1(C(=O)OCC)/C(=C/C=C/c2ccccc2)COC1c1ccccc1. The van der Waals surface area contributed by atoms with Crippen molar-refractivity contribution in [2.45, 2.75) is 20.0 Å². The maximum Gasteiger partial charge on any atom is 0.330 e. The van der Waals surface area contributed by atoms with E-state index < -0.39 is 23.5 Å². The average molecular weight is 406 g/mol. The number of esters is 2. The van der Waals surface area contributed by atoms with Gasteiger partial charge in [-0.1, -0.05) is 78.9 Å². The Morgan fingerprint density at radius 1 is 0.967 bits per heavy atom. The summed E-state index contributed by atoms with van der Waals surface area (Å²) < 4.78 is 16.7. The Kier molecular flexibility index (Phi) is 7.20. The third-order valence-electron chi connectivity index (χ3n) is 4.99. The van der Waals surface area contributed by atoms with Crippen molar-refractivity contribution in [3.63, 3.8) is 0 Å². The standard InChI is InChI=1S/C25H26O5/c1-3-28-23(26)25(24(27)29-4-2)21(17-11-14-19-12-7-5-8-13-19)18-30-22(25)20-15-9-6-10-16-20/h5-17,22H,3-4,18H2,1-2H3/b14-11+,21-17+. The Morgan fingerprint density at radius 3 is 2.10 bits per heavy atom. The molecule has 5 nitrogen and oxygen atoms in total. The highest BCUT2D eigenvalue weighted by atomic mass is 16.6. The minimum Gasteiger partial charge on any atom is -0.465 e. The summed E-state index contributed by atoms with van der Waals surface area (Å²) in [6.45, 7) is 3.84. The zero-order chi connectivity index (χ0) is 21.4. The average Bonchev–Trinajstić information content (AvgIpc) is 3.16. The van der Waals surface area contributed by atoms with Crippen LogP contribution in [0.3, 0.4) is 0 Å². The molecule has 0 radical (unpaired) electrons. The number of carbonyl (C=O) groups excluding carboxylic acids is 2. The second kappa shape index (κ2) is 10.0. The van der Waals surface area contributed by atoms with Gasteiger partial charge in [-0.25, -0.2) is 0 Å². The summed E-state index contributed by atoms with van der Waals surface area (Å²) in [5, 5.41) is 0. The first-order valence-corrected chi connectivity index (χ1v) is 10.1. The van der Waals surface area contributed by atoms with Gasteiger partial charge in [0.15, 0.2) is 0 Å². The predicted molar refractivity (Wildman–Crippen MR) is 114 cm³/mol. The first-order valence-electron chi connectivity index (χ1n) is 10.1. The lowest BCUT2D eigenvalue weighted by atomic mass is 9.74. The van der Waals surface area contributed by atoms with E-state index in [1.54, 1.807) is 19.9 Å². The molecule has 1 unspecified atom stereocenters. The van der Waals surface area contributed by atoms with E-state index in [0.717, 1.165) is 5.56 Å². The normalized spacial score (nSPS) is 19.1. The number of ether oxygens (including phenoxy) is 3. The van der Waals surface area contributed by atoms with Crippen LogP contribution in [-0.2, 0) is 23.8 Å². The van der Waals surface area contributed by atoms with Crippen molar-refractivity contribution < 1.29 is 23.8 Å². The number of benzene rings is 2. The van der Waals surface area contributed by atoms with Crippen molar-refractivity contribution in [2.24, 2.45) is 5.41 Å². The Morgan fingerprint density at radius 2 is 1.53 bits per heavy atom. The van der Waals surface area contributed by atoms with Crippen LogP contribution in [0.5, 0.6) is 0 Å². The fourth-order valence-corrected chi connectivity index (χ4v) is 3.62. The van der Waals surface area contributed by atoms with Crippen molar-refractivity contribution >= 4 is 18.0 Å². The molecule has 5 heteroatoms. The molecule has 156 valence electrons. The smallest absolute Gasteiger partial charge is 0.330 e. The maximum atomic E-state index is 13.2. The van der Waals surface area contributed by atoms with E-state index in [4.69, 9.17) is 14.2 Å². The Labute approximate surface area is 177 Å². The number of carbonyl (C=O) groups is 2. The van der Waals surface area contributed by atoms with Gasteiger partial charge in [0.05, 0.1) is 19.8 Å². The summed E-state index contributed by atoms with van der Waals surface area (Å²) in [7, 11) is 0. The van der Waals surface area contributed by atoms with Gasteiger partial charge in [-0.2, -0.15) is 0 Å². The molecule has 2 aromatic carbocycles.